The zero-order valence-electron chi connectivity index (χ0n) is 32.1. The standard InChI is InChI=1S/C56H36N2S/c1-3-15-38(16-4-1)45-32-29-43(35-50(45)39-17-5-2-6-18-39)57(52-24-13-25-54-55(52)49-31-27-40-19-9-10-21-46(40)56(49)59-54)44-30-33-48-47-22-11-12-23-51(47)58(53(48)36-44)42-28-26-37-14-7-8-20-41(37)34-42/h1-36H. The van der Waals surface area contributed by atoms with E-state index < -0.39 is 0 Å². The molecule has 2 nitrogen and oxygen atoms in total. The number of thiophene rings is 1. The molecule has 0 spiro atoms. The SMILES string of the molecule is c1ccc(-c2ccc(N(c3ccc4c5ccccc5n(-c5ccc6ccccc6c5)c4c3)c3cccc4sc5c6ccccc6ccc5c34)cc2-c2ccccc2)cc1. The van der Waals surface area contributed by atoms with Crippen LogP contribution in [0.1, 0.15) is 0 Å². The van der Waals surface area contributed by atoms with Crippen LogP contribution < -0.4 is 4.90 Å². The molecule has 0 saturated carbocycles. The summed E-state index contributed by atoms with van der Waals surface area (Å²) in [5.74, 6) is 0. The Morgan fingerprint density at radius 2 is 1.00 bits per heavy atom. The van der Waals surface area contributed by atoms with Crippen molar-refractivity contribution in [2.24, 2.45) is 0 Å². The molecule has 2 aromatic heterocycles. The normalized spacial score (nSPS) is 11.7. The maximum atomic E-state index is 2.49. The van der Waals surface area contributed by atoms with Gasteiger partial charge in [-0.05, 0) is 98.4 Å². The summed E-state index contributed by atoms with van der Waals surface area (Å²) in [6.07, 6.45) is 0. The summed E-state index contributed by atoms with van der Waals surface area (Å²) in [5, 5.41) is 10.0. The zero-order valence-corrected chi connectivity index (χ0v) is 32.9. The summed E-state index contributed by atoms with van der Waals surface area (Å²) in [4.78, 5) is 2.49. The van der Waals surface area contributed by atoms with Crippen LogP contribution in [-0.4, -0.2) is 4.57 Å². The molecule has 0 amide bonds. The summed E-state index contributed by atoms with van der Waals surface area (Å²) >= 11 is 1.89. The van der Waals surface area contributed by atoms with Gasteiger partial charge >= 0.3 is 0 Å². The topological polar surface area (TPSA) is 8.17 Å². The molecule has 0 radical (unpaired) electrons. The number of fused-ring (bicyclic) bond motifs is 9. The van der Waals surface area contributed by atoms with Gasteiger partial charge in [-0.3, -0.25) is 0 Å². The van der Waals surface area contributed by atoms with Crippen LogP contribution in [0, 0.1) is 0 Å². The van der Waals surface area contributed by atoms with Crippen molar-refractivity contribution < 1.29 is 0 Å². The monoisotopic (exact) mass is 768 g/mol. The van der Waals surface area contributed by atoms with Crippen molar-refractivity contribution >= 4 is 91.9 Å². The number of aromatic nitrogens is 1. The van der Waals surface area contributed by atoms with Gasteiger partial charge < -0.3 is 9.47 Å². The first-order valence-electron chi connectivity index (χ1n) is 20.2. The van der Waals surface area contributed by atoms with E-state index in [1.165, 1.54) is 85.8 Å². The van der Waals surface area contributed by atoms with Gasteiger partial charge in [0.05, 0.1) is 16.7 Å². The average Bonchev–Trinajstić information content (AvgIpc) is 3.86. The van der Waals surface area contributed by atoms with E-state index in [0.717, 1.165) is 22.7 Å². The van der Waals surface area contributed by atoms with E-state index in [2.05, 4.69) is 228 Å². The highest BCUT2D eigenvalue weighted by Crippen LogP contribution is 2.48. The Bertz CT molecular complexity index is 3560. The maximum absolute atomic E-state index is 2.49. The minimum absolute atomic E-state index is 1.10. The number of rotatable bonds is 6. The van der Waals surface area contributed by atoms with Crippen molar-refractivity contribution in [3.8, 4) is 27.9 Å². The highest BCUT2D eigenvalue weighted by atomic mass is 32.1. The van der Waals surface area contributed by atoms with Crippen LogP contribution in [0.3, 0.4) is 0 Å². The molecule has 10 aromatic carbocycles. The second kappa shape index (κ2) is 13.6. The average molecular weight is 769 g/mol. The Morgan fingerprint density at radius 3 is 1.83 bits per heavy atom. The quantitative estimate of drug-likeness (QED) is 0.164. The predicted octanol–water partition coefficient (Wildman–Crippen LogP) is 16.3. The third-order valence-electron chi connectivity index (χ3n) is 11.9. The van der Waals surface area contributed by atoms with Crippen molar-refractivity contribution in [3.05, 3.63) is 218 Å². The zero-order chi connectivity index (χ0) is 38.9. The molecule has 0 saturated heterocycles. The predicted molar refractivity (Wildman–Crippen MR) is 254 cm³/mol. The number of hydrogen-bond acceptors (Lipinski definition) is 2. The molecule has 0 aliphatic heterocycles. The molecular weight excluding hydrogens is 733 g/mol. The summed E-state index contributed by atoms with van der Waals surface area (Å²) in [6, 6.07) is 80.1. The number of hydrogen-bond donors (Lipinski definition) is 0. The van der Waals surface area contributed by atoms with Crippen LogP contribution in [0.5, 0.6) is 0 Å². The molecule has 0 aliphatic rings. The molecule has 0 atom stereocenters. The highest BCUT2D eigenvalue weighted by molar-refractivity contribution is 7.26. The Labute approximate surface area is 346 Å². The van der Waals surface area contributed by atoms with Gasteiger partial charge in [0.15, 0.2) is 0 Å². The van der Waals surface area contributed by atoms with Gasteiger partial charge in [-0.2, -0.15) is 0 Å². The molecule has 276 valence electrons. The molecule has 12 aromatic rings. The van der Waals surface area contributed by atoms with Gasteiger partial charge in [0.1, 0.15) is 0 Å². The summed E-state index contributed by atoms with van der Waals surface area (Å²) < 4.78 is 5.04. The summed E-state index contributed by atoms with van der Waals surface area (Å²) in [7, 11) is 0. The van der Waals surface area contributed by atoms with E-state index in [1.807, 2.05) is 11.3 Å². The van der Waals surface area contributed by atoms with Gasteiger partial charge in [0, 0.05) is 48.0 Å². The first kappa shape index (κ1) is 33.7. The molecule has 12 rings (SSSR count). The summed E-state index contributed by atoms with van der Waals surface area (Å²) in [6.45, 7) is 0. The highest BCUT2D eigenvalue weighted by Gasteiger charge is 2.23. The fourth-order valence-corrected chi connectivity index (χ4v) is 10.5. The Hall–Kier alpha value is -7.46. The molecule has 0 fully saturated rings. The van der Waals surface area contributed by atoms with Crippen molar-refractivity contribution in [1.29, 1.82) is 0 Å². The van der Waals surface area contributed by atoms with E-state index in [0.29, 0.717) is 0 Å². The second-order valence-electron chi connectivity index (χ2n) is 15.3. The first-order chi connectivity index (χ1) is 29.3. The van der Waals surface area contributed by atoms with Crippen LogP contribution >= 0.6 is 11.3 Å². The fourth-order valence-electron chi connectivity index (χ4n) is 9.24. The minimum atomic E-state index is 1.10. The van der Waals surface area contributed by atoms with Crippen molar-refractivity contribution in [3.63, 3.8) is 0 Å². The Morgan fingerprint density at radius 1 is 0.373 bits per heavy atom. The lowest BCUT2D eigenvalue weighted by molar-refractivity contribution is 1.18. The van der Waals surface area contributed by atoms with Crippen LogP contribution in [0.25, 0.3) is 91.5 Å². The van der Waals surface area contributed by atoms with E-state index in [1.54, 1.807) is 0 Å². The van der Waals surface area contributed by atoms with Crippen LogP contribution in [-0.2, 0) is 0 Å². The largest absolute Gasteiger partial charge is 0.310 e. The van der Waals surface area contributed by atoms with Crippen LogP contribution in [0.15, 0.2) is 218 Å². The molecule has 0 aliphatic carbocycles. The molecule has 59 heavy (non-hydrogen) atoms. The van der Waals surface area contributed by atoms with Crippen LogP contribution in [0.4, 0.5) is 17.1 Å². The van der Waals surface area contributed by atoms with Gasteiger partial charge in [0.25, 0.3) is 0 Å². The number of nitrogens with zero attached hydrogens (tertiary/aromatic N) is 2. The third kappa shape index (κ3) is 5.47. The Balaban J connectivity index is 1.16. The minimum Gasteiger partial charge on any atom is -0.310 e. The van der Waals surface area contributed by atoms with E-state index >= 15 is 0 Å². The molecule has 0 bridgehead atoms. The van der Waals surface area contributed by atoms with Crippen molar-refractivity contribution in [2.75, 3.05) is 4.90 Å². The summed E-state index contributed by atoms with van der Waals surface area (Å²) in [5.41, 5.74) is 11.6. The fraction of sp³-hybridized carbons (Fsp3) is 0. The lowest BCUT2D eigenvalue weighted by atomic mass is 9.93. The molecular formula is C56H36N2S. The smallest absolute Gasteiger partial charge is 0.0561 e. The molecule has 2 heterocycles. The van der Waals surface area contributed by atoms with Crippen molar-refractivity contribution in [2.45, 2.75) is 0 Å². The third-order valence-corrected chi connectivity index (χ3v) is 13.1. The van der Waals surface area contributed by atoms with Gasteiger partial charge in [-0.25, -0.2) is 0 Å². The van der Waals surface area contributed by atoms with Crippen molar-refractivity contribution in [1.82, 2.24) is 4.57 Å². The van der Waals surface area contributed by atoms with Gasteiger partial charge in [0.2, 0.25) is 0 Å². The van der Waals surface area contributed by atoms with Gasteiger partial charge in [-0.15, -0.1) is 11.3 Å². The van der Waals surface area contributed by atoms with E-state index in [4.69, 9.17) is 0 Å². The second-order valence-corrected chi connectivity index (χ2v) is 16.4. The number of anilines is 3. The number of benzene rings is 10. The Kier molecular flexibility index (Phi) is 7.75. The molecule has 3 heteroatoms. The first-order valence-corrected chi connectivity index (χ1v) is 21.0. The lowest BCUT2D eigenvalue weighted by Gasteiger charge is -2.28. The molecule has 0 unspecified atom stereocenters. The number of para-hydroxylation sites is 1. The van der Waals surface area contributed by atoms with E-state index in [9.17, 15) is 0 Å². The van der Waals surface area contributed by atoms with Gasteiger partial charge in [-0.1, -0.05) is 164 Å². The molecule has 0 N–H and O–H groups in total. The van der Waals surface area contributed by atoms with E-state index in [-0.39, 0.29) is 0 Å². The lowest BCUT2D eigenvalue weighted by Crippen LogP contribution is -2.11. The van der Waals surface area contributed by atoms with Crippen LogP contribution in [0.2, 0.25) is 0 Å². The maximum Gasteiger partial charge on any atom is 0.0561 e.